The number of allylic oxidation sites excluding steroid dienone is 3. The number of hydrogen-bond donors (Lipinski definition) is 2. The largest absolute Gasteiger partial charge is 0.392 e. The van der Waals surface area contributed by atoms with E-state index < -0.39 is 12.2 Å². The molecule has 0 radical (unpaired) electrons. The highest BCUT2D eigenvalue weighted by molar-refractivity contribution is 5.26. The summed E-state index contributed by atoms with van der Waals surface area (Å²) in [4.78, 5) is 0. The zero-order chi connectivity index (χ0) is 18.2. The van der Waals surface area contributed by atoms with Crippen LogP contribution in [0.4, 0.5) is 0 Å². The summed E-state index contributed by atoms with van der Waals surface area (Å²) >= 11 is 0. The van der Waals surface area contributed by atoms with E-state index in [1.54, 1.807) is 5.57 Å². The van der Waals surface area contributed by atoms with Crippen LogP contribution in [0.25, 0.3) is 0 Å². The fourth-order valence-electron chi connectivity index (χ4n) is 6.11. The van der Waals surface area contributed by atoms with E-state index in [-0.39, 0.29) is 5.92 Å². The number of hydrogen-bond acceptors (Lipinski definition) is 2. The fraction of sp³-hybridized carbons (Fsp3) is 0.826. The van der Waals surface area contributed by atoms with Gasteiger partial charge in [-0.05, 0) is 68.1 Å². The van der Waals surface area contributed by atoms with Crippen molar-refractivity contribution in [1.82, 2.24) is 0 Å². The summed E-state index contributed by atoms with van der Waals surface area (Å²) in [6.07, 6.45) is 13.2. The van der Waals surface area contributed by atoms with Crippen molar-refractivity contribution in [2.24, 2.45) is 29.1 Å². The van der Waals surface area contributed by atoms with Gasteiger partial charge >= 0.3 is 0 Å². The van der Waals surface area contributed by atoms with Crippen LogP contribution in [0.1, 0.15) is 79.1 Å². The van der Waals surface area contributed by atoms with Crippen LogP contribution in [0, 0.1) is 29.1 Å². The van der Waals surface area contributed by atoms with E-state index in [4.69, 9.17) is 0 Å². The van der Waals surface area contributed by atoms with E-state index in [9.17, 15) is 10.2 Å². The van der Waals surface area contributed by atoms with Gasteiger partial charge in [0.1, 0.15) is 0 Å². The Morgan fingerprint density at radius 3 is 2.48 bits per heavy atom. The van der Waals surface area contributed by atoms with Gasteiger partial charge in [0.15, 0.2) is 0 Å². The first-order chi connectivity index (χ1) is 11.9. The minimum absolute atomic E-state index is 0.00565. The fourth-order valence-corrected chi connectivity index (χ4v) is 6.11. The molecule has 7 atom stereocenters. The van der Waals surface area contributed by atoms with E-state index in [1.165, 1.54) is 44.1 Å². The van der Waals surface area contributed by atoms with Gasteiger partial charge in [0.05, 0.1) is 12.2 Å². The molecule has 0 aromatic carbocycles. The first kappa shape index (κ1) is 19.2. The predicted octanol–water partition coefficient (Wildman–Crippen LogP) is 5.25. The molecule has 3 rings (SSSR count). The molecular formula is C23H38O2. The van der Waals surface area contributed by atoms with Gasteiger partial charge in [-0.25, -0.2) is 0 Å². The maximum atomic E-state index is 10.1. The van der Waals surface area contributed by atoms with Gasteiger partial charge in [-0.3, -0.25) is 0 Å². The molecule has 0 aromatic heterocycles. The summed E-state index contributed by atoms with van der Waals surface area (Å²) < 4.78 is 0. The molecule has 0 spiro atoms. The van der Waals surface area contributed by atoms with Crippen LogP contribution in [0.3, 0.4) is 0 Å². The Kier molecular flexibility index (Phi) is 5.80. The van der Waals surface area contributed by atoms with Crippen molar-refractivity contribution in [2.75, 3.05) is 0 Å². The minimum Gasteiger partial charge on any atom is -0.392 e. The molecule has 0 heterocycles. The molecule has 3 aliphatic rings. The Bertz CT molecular complexity index is 520. The van der Waals surface area contributed by atoms with Crippen molar-refractivity contribution in [3.63, 3.8) is 0 Å². The first-order valence-corrected chi connectivity index (χ1v) is 10.6. The van der Waals surface area contributed by atoms with Gasteiger partial charge in [-0.1, -0.05) is 57.4 Å². The summed E-state index contributed by atoms with van der Waals surface area (Å²) in [5, 5.41) is 20.3. The topological polar surface area (TPSA) is 40.5 Å². The van der Waals surface area contributed by atoms with Gasteiger partial charge < -0.3 is 10.2 Å². The Balaban J connectivity index is 1.77. The van der Waals surface area contributed by atoms with Gasteiger partial charge in [0, 0.05) is 5.92 Å². The highest BCUT2D eigenvalue weighted by Gasteiger charge is 2.50. The second-order valence-electron chi connectivity index (χ2n) is 9.45. The highest BCUT2D eigenvalue weighted by atomic mass is 16.3. The SMILES string of the molecule is CC[C@H](C)C1CC[C@H]2/C(=C/C=C3CC(O)C(C)[C@H](O)C3)CCC[C@]12C. The molecule has 3 aliphatic carbocycles. The van der Waals surface area contributed by atoms with Crippen molar-refractivity contribution in [3.8, 4) is 0 Å². The van der Waals surface area contributed by atoms with Gasteiger partial charge in [-0.2, -0.15) is 0 Å². The Labute approximate surface area is 154 Å². The molecule has 2 nitrogen and oxygen atoms in total. The van der Waals surface area contributed by atoms with Crippen molar-refractivity contribution in [3.05, 3.63) is 23.3 Å². The molecule has 0 amide bonds. The molecule has 0 aromatic rings. The van der Waals surface area contributed by atoms with Crippen molar-refractivity contribution < 1.29 is 10.2 Å². The monoisotopic (exact) mass is 346 g/mol. The van der Waals surface area contributed by atoms with Crippen LogP contribution in [0.2, 0.25) is 0 Å². The van der Waals surface area contributed by atoms with Crippen LogP contribution in [-0.4, -0.2) is 22.4 Å². The highest BCUT2D eigenvalue weighted by Crippen LogP contribution is 2.59. The standard InChI is InChI=1S/C23H38O2/c1-5-15(2)19-10-11-20-18(7-6-12-23(19,20)4)9-8-17-13-21(24)16(3)22(25)14-17/h8-9,15-16,19-22,24-25H,5-7,10-14H2,1-4H3/b17-8?,18-9+/t15-,16?,19?,20-,21+,22?,23+/m0/s1. The molecular weight excluding hydrogens is 308 g/mol. The van der Waals surface area contributed by atoms with E-state index in [0.29, 0.717) is 5.41 Å². The lowest BCUT2D eigenvalue weighted by Gasteiger charge is -2.44. The average molecular weight is 347 g/mol. The maximum absolute atomic E-state index is 10.1. The predicted molar refractivity (Wildman–Crippen MR) is 104 cm³/mol. The van der Waals surface area contributed by atoms with Crippen LogP contribution >= 0.6 is 0 Å². The van der Waals surface area contributed by atoms with Crippen LogP contribution in [0.5, 0.6) is 0 Å². The molecule has 0 aliphatic heterocycles. The number of aliphatic hydroxyl groups excluding tert-OH is 2. The summed E-state index contributed by atoms with van der Waals surface area (Å²) in [5.41, 5.74) is 3.34. The first-order valence-electron chi connectivity index (χ1n) is 10.6. The van der Waals surface area contributed by atoms with E-state index >= 15 is 0 Å². The lowest BCUT2D eigenvalue weighted by atomic mass is 9.61. The van der Waals surface area contributed by atoms with Crippen LogP contribution in [-0.2, 0) is 0 Å². The Morgan fingerprint density at radius 1 is 1.16 bits per heavy atom. The van der Waals surface area contributed by atoms with Gasteiger partial charge in [0.2, 0.25) is 0 Å². The zero-order valence-electron chi connectivity index (χ0n) is 16.7. The molecule has 0 saturated heterocycles. The average Bonchev–Trinajstić information content (AvgIpc) is 2.94. The Morgan fingerprint density at radius 2 is 1.84 bits per heavy atom. The minimum atomic E-state index is -0.397. The number of aliphatic hydroxyl groups is 2. The van der Waals surface area contributed by atoms with Gasteiger partial charge in [-0.15, -0.1) is 0 Å². The summed E-state index contributed by atoms with van der Waals surface area (Å²) in [6.45, 7) is 9.29. The molecule has 2 N–H and O–H groups in total. The molecule has 25 heavy (non-hydrogen) atoms. The molecule has 3 unspecified atom stereocenters. The maximum Gasteiger partial charge on any atom is 0.0627 e. The molecule has 142 valence electrons. The van der Waals surface area contributed by atoms with E-state index in [2.05, 4.69) is 32.9 Å². The van der Waals surface area contributed by atoms with Crippen molar-refractivity contribution in [1.29, 1.82) is 0 Å². The summed E-state index contributed by atoms with van der Waals surface area (Å²) in [7, 11) is 0. The van der Waals surface area contributed by atoms with Crippen LogP contribution < -0.4 is 0 Å². The quantitative estimate of drug-likeness (QED) is 0.732. The third kappa shape index (κ3) is 3.62. The van der Waals surface area contributed by atoms with E-state index in [1.807, 2.05) is 6.92 Å². The van der Waals surface area contributed by atoms with Crippen LogP contribution in [0.15, 0.2) is 23.3 Å². The third-order valence-corrected chi connectivity index (χ3v) is 8.06. The summed E-state index contributed by atoms with van der Waals surface area (Å²) in [6, 6.07) is 0. The molecule has 3 fully saturated rings. The lowest BCUT2D eigenvalue weighted by Crippen LogP contribution is -2.36. The molecule has 0 bridgehead atoms. The molecule has 3 saturated carbocycles. The molecule has 2 heteroatoms. The lowest BCUT2D eigenvalue weighted by molar-refractivity contribution is 0.00407. The second kappa shape index (κ2) is 7.56. The third-order valence-electron chi connectivity index (χ3n) is 8.06. The number of rotatable bonds is 3. The number of fused-ring (bicyclic) bond motifs is 1. The smallest absolute Gasteiger partial charge is 0.0627 e. The second-order valence-corrected chi connectivity index (χ2v) is 9.45. The van der Waals surface area contributed by atoms with E-state index in [0.717, 1.165) is 30.6 Å². The summed E-state index contributed by atoms with van der Waals surface area (Å²) in [5.74, 6) is 2.44. The zero-order valence-corrected chi connectivity index (χ0v) is 16.7. The normalized spacial score (nSPS) is 46.4. The van der Waals surface area contributed by atoms with Crippen molar-refractivity contribution >= 4 is 0 Å². The van der Waals surface area contributed by atoms with Gasteiger partial charge in [0.25, 0.3) is 0 Å². The van der Waals surface area contributed by atoms with Crippen molar-refractivity contribution in [2.45, 2.75) is 91.3 Å². The Hall–Kier alpha value is -0.600.